The van der Waals surface area contributed by atoms with Crippen LogP contribution in [0.15, 0.2) is 70.5 Å². The maximum atomic E-state index is 12.9. The second kappa shape index (κ2) is 13.4. The molecule has 0 atom stereocenters. The molecule has 0 spiro atoms. The Morgan fingerprint density at radius 3 is 2.41 bits per heavy atom. The summed E-state index contributed by atoms with van der Waals surface area (Å²) in [6, 6.07) is 17.9. The predicted octanol–water partition coefficient (Wildman–Crippen LogP) is 5.73. The number of imide groups is 1. The number of nitrogens with one attached hydrogen (secondary N) is 2. The molecule has 0 aliphatic carbocycles. The Balaban J connectivity index is 1.37. The summed E-state index contributed by atoms with van der Waals surface area (Å²) in [5.74, 6) is -0.667. The summed E-state index contributed by atoms with van der Waals surface area (Å²) in [5, 5.41) is 4.99. The number of thioether (sulfide) groups is 2. The Kier molecular flexibility index (Phi) is 9.74. The molecule has 0 saturated carbocycles. The molecule has 9 nitrogen and oxygen atoms in total. The van der Waals surface area contributed by atoms with Crippen LogP contribution in [0.3, 0.4) is 0 Å². The third-order valence-corrected chi connectivity index (χ3v) is 7.80. The number of carbonyl (C=O) groups excluding carboxylic acids is 4. The number of amides is 4. The third-order valence-electron chi connectivity index (χ3n) is 6.16. The molecule has 1 heterocycles. The fraction of sp³-hybridized carbons (Fsp3) is 0.200. The normalized spacial score (nSPS) is 13.9. The van der Waals surface area contributed by atoms with E-state index in [-0.39, 0.29) is 17.4 Å². The van der Waals surface area contributed by atoms with E-state index in [1.54, 1.807) is 30.3 Å². The topological polar surface area (TPSA) is 114 Å². The first-order valence-corrected chi connectivity index (χ1v) is 14.6. The van der Waals surface area contributed by atoms with E-state index in [1.165, 1.54) is 18.9 Å². The summed E-state index contributed by atoms with van der Waals surface area (Å²) < 4.78 is 11.1. The Bertz CT molecular complexity index is 1540. The van der Waals surface area contributed by atoms with Crippen molar-refractivity contribution in [1.82, 2.24) is 4.90 Å². The number of carbonyl (C=O) groups is 4. The lowest BCUT2D eigenvalue weighted by atomic mass is 10.1. The number of nitrogens with zero attached hydrogens (tertiary/aromatic N) is 1. The van der Waals surface area contributed by atoms with Gasteiger partial charge in [0.25, 0.3) is 17.1 Å². The molecule has 11 heteroatoms. The van der Waals surface area contributed by atoms with Crippen LogP contribution in [-0.4, -0.2) is 54.4 Å². The van der Waals surface area contributed by atoms with Crippen molar-refractivity contribution in [2.75, 3.05) is 37.2 Å². The third kappa shape index (κ3) is 7.71. The molecule has 0 unspecified atom stereocenters. The number of rotatable bonds is 10. The average molecular weight is 592 g/mol. The second-order valence-corrected chi connectivity index (χ2v) is 11.0. The fourth-order valence-corrected chi connectivity index (χ4v) is 5.18. The molecule has 4 amide bonds. The molecular weight excluding hydrogens is 562 g/mol. The molecule has 3 aromatic carbocycles. The molecule has 1 aliphatic heterocycles. The molecule has 1 fully saturated rings. The first-order valence-electron chi connectivity index (χ1n) is 12.5. The van der Waals surface area contributed by atoms with E-state index in [0.717, 1.165) is 32.7 Å². The van der Waals surface area contributed by atoms with Gasteiger partial charge in [0, 0.05) is 16.3 Å². The van der Waals surface area contributed by atoms with E-state index in [2.05, 4.69) is 10.6 Å². The van der Waals surface area contributed by atoms with Gasteiger partial charge in [0.1, 0.15) is 6.54 Å². The van der Waals surface area contributed by atoms with Crippen molar-refractivity contribution in [3.8, 4) is 11.5 Å². The largest absolute Gasteiger partial charge is 0.493 e. The summed E-state index contributed by atoms with van der Waals surface area (Å²) in [5.41, 5.74) is 4.05. The smallest absolute Gasteiger partial charge is 0.294 e. The summed E-state index contributed by atoms with van der Waals surface area (Å²) in [7, 11) is 1.46. The van der Waals surface area contributed by atoms with Gasteiger partial charge in [-0.2, -0.15) is 0 Å². The Labute approximate surface area is 246 Å². The van der Waals surface area contributed by atoms with Crippen LogP contribution in [0.1, 0.15) is 16.7 Å². The van der Waals surface area contributed by atoms with E-state index in [4.69, 9.17) is 9.47 Å². The molecule has 2 N–H and O–H groups in total. The zero-order chi connectivity index (χ0) is 29.5. The molecule has 1 saturated heterocycles. The summed E-state index contributed by atoms with van der Waals surface area (Å²) >= 11 is 2.29. The monoisotopic (exact) mass is 591 g/mol. The van der Waals surface area contributed by atoms with Gasteiger partial charge >= 0.3 is 0 Å². The predicted molar refractivity (Wildman–Crippen MR) is 163 cm³/mol. The molecule has 0 bridgehead atoms. The van der Waals surface area contributed by atoms with Gasteiger partial charge < -0.3 is 20.1 Å². The highest BCUT2D eigenvalue weighted by Crippen LogP contribution is 2.34. The molecule has 0 aromatic heterocycles. The zero-order valence-electron chi connectivity index (χ0n) is 23.0. The van der Waals surface area contributed by atoms with E-state index in [9.17, 15) is 19.2 Å². The van der Waals surface area contributed by atoms with E-state index < -0.39 is 23.6 Å². The lowest BCUT2D eigenvalue weighted by Gasteiger charge is -2.13. The average Bonchev–Trinajstić information content (AvgIpc) is 3.21. The van der Waals surface area contributed by atoms with Crippen molar-refractivity contribution in [2.45, 2.75) is 18.7 Å². The fourth-order valence-electron chi connectivity index (χ4n) is 3.89. The highest BCUT2D eigenvalue weighted by atomic mass is 32.2. The van der Waals surface area contributed by atoms with Crippen LogP contribution in [0, 0.1) is 13.8 Å². The molecular formula is C30H29N3O6S2. The van der Waals surface area contributed by atoms with Gasteiger partial charge in [-0.1, -0.05) is 18.2 Å². The van der Waals surface area contributed by atoms with Gasteiger partial charge in [0.05, 0.1) is 12.0 Å². The lowest BCUT2D eigenvalue weighted by Crippen LogP contribution is -2.36. The van der Waals surface area contributed by atoms with Crippen molar-refractivity contribution in [1.29, 1.82) is 0 Å². The first-order chi connectivity index (χ1) is 19.7. The Hall–Kier alpha value is -4.22. The van der Waals surface area contributed by atoms with Crippen LogP contribution in [0.2, 0.25) is 0 Å². The number of anilines is 2. The Morgan fingerprint density at radius 1 is 0.927 bits per heavy atom. The molecule has 212 valence electrons. The van der Waals surface area contributed by atoms with Gasteiger partial charge in [-0.05, 0) is 97.1 Å². The van der Waals surface area contributed by atoms with Crippen molar-refractivity contribution in [3.05, 3.63) is 82.3 Å². The van der Waals surface area contributed by atoms with Crippen LogP contribution < -0.4 is 20.1 Å². The molecule has 3 aromatic rings. The SMILES string of the molecule is COc1cc(/C=C2/SC(=O)N(CC(=O)Nc3cccc(SC)c3)C2=O)ccc1OCC(=O)Nc1ccc(C)c(C)c1. The standard InChI is InChI=1S/C30H29N3O6S2/c1-18-8-10-22(12-19(18)2)32-28(35)17-39-24-11-9-20(13-25(24)38-3)14-26-29(36)33(30(37)41-26)16-27(34)31-21-6-5-7-23(15-21)40-4/h5-15H,16-17H2,1-4H3,(H,31,34)(H,32,35)/b26-14+. The van der Waals surface area contributed by atoms with Crippen molar-refractivity contribution in [3.63, 3.8) is 0 Å². The first kappa shape index (κ1) is 29.8. The number of ether oxygens (including phenoxy) is 2. The van der Waals surface area contributed by atoms with Gasteiger partial charge in [-0.15, -0.1) is 11.8 Å². The van der Waals surface area contributed by atoms with Crippen LogP contribution in [0.4, 0.5) is 16.2 Å². The minimum atomic E-state index is -0.560. The molecule has 1 aliphatic rings. The minimum Gasteiger partial charge on any atom is -0.493 e. The number of benzene rings is 3. The highest BCUT2D eigenvalue weighted by molar-refractivity contribution is 8.18. The van der Waals surface area contributed by atoms with Crippen LogP contribution >= 0.6 is 23.5 Å². The van der Waals surface area contributed by atoms with Crippen LogP contribution in [-0.2, 0) is 14.4 Å². The van der Waals surface area contributed by atoms with Crippen LogP contribution in [0.25, 0.3) is 6.08 Å². The molecule has 0 radical (unpaired) electrons. The maximum absolute atomic E-state index is 12.9. The Morgan fingerprint density at radius 2 is 1.68 bits per heavy atom. The van der Waals surface area contributed by atoms with E-state index >= 15 is 0 Å². The highest BCUT2D eigenvalue weighted by Gasteiger charge is 2.36. The summed E-state index contributed by atoms with van der Waals surface area (Å²) in [4.78, 5) is 52.4. The summed E-state index contributed by atoms with van der Waals surface area (Å²) in [6.45, 7) is 3.34. The number of aryl methyl sites for hydroxylation is 2. The van der Waals surface area contributed by atoms with Crippen molar-refractivity contribution >= 4 is 63.9 Å². The molecule has 4 rings (SSSR count). The van der Waals surface area contributed by atoms with Crippen LogP contribution in [0.5, 0.6) is 11.5 Å². The van der Waals surface area contributed by atoms with E-state index in [0.29, 0.717) is 28.4 Å². The zero-order valence-corrected chi connectivity index (χ0v) is 24.6. The van der Waals surface area contributed by atoms with Gasteiger partial charge in [0.2, 0.25) is 5.91 Å². The van der Waals surface area contributed by atoms with Crippen molar-refractivity contribution in [2.24, 2.45) is 0 Å². The lowest BCUT2D eigenvalue weighted by molar-refractivity contribution is -0.127. The van der Waals surface area contributed by atoms with Gasteiger partial charge in [0.15, 0.2) is 18.1 Å². The number of hydrogen-bond donors (Lipinski definition) is 2. The van der Waals surface area contributed by atoms with Crippen molar-refractivity contribution < 1.29 is 28.7 Å². The number of hydrogen-bond acceptors (Lipinski definition) is 8. The van der Waals surface area contributed by atoms with E-state index in [1.807, 2.05) is 56.5 Å². The second-order valence-electron chi connectivity index (χ2n) is 9.09. The maximum Gasteiger partial charge on any atom is 0.294 e. The summed E-state index contributed by atoms with van der Waals surface area (Å²) in [6.07, 6.45) is 3.47. The quantitative estimate of drug-likeness (QED) is 0.227. The minimum absolute atomic E-state index is 0.177. The molecule has 41 heavy (non-hydrogen) atoms. The number of methoxy groups -OCH3 is 1. The van der Waals surface area contributed by atoms with Gasteiger partial charge in [-0.3, -0.25) is 24.1 Å². The van der Waals surface area contributed by atoms with Gasteiger partial charge in [-0.25, -0.2) is 0 Å².